The predicted octanol–water partition coefficient (Wildman–Crippen LogP) is 3.26. The quantitative estimate of drug-likeness (QED) is 0.768. The third-order valence-corrected chi connectivity index (χ3v) is 4.48. The van der Waals surface area contributed by atoms with E-state index in [0.717, 1.165) is 6.54 Å². The van der Waals surface area contributed by atoms with E-state index in [-0.39, 0.29) is 0 Å². The molecule has 20 heavy (non-hydrogen) atoms. The van der Waals surface area contributed by atoms with Crippen molar-refractivity contribution in [2.45, 2.75) is 52.0 Å². The maximum atomic E-state index is 3.50. The summed E-state index contributed by atoms with van der Waals surface area (Å²) < 4.78 is 0. The molecule has 1 aromatic rings. The van der Waals surface area contributed by atoms with Crippen LogP contribution in [0, 0.1) is 0 Å². The van der Waals surface area contributed by atoms with E-state index in [4.69, 9.17) is 0 Å². The Kier molecular flexibility index (Phi) is 6.55. The number of hydrogen-bond acceptors (Lipinski definition) is 2. The number of nitrogens with zero attached hydrogens (tertiary/aromatic N) is 1. The maximum absolute atomic E-state index is 3.50. The van der Waals surface area contributed by atoms with E-state index in [2.05, 4.69) is 48.3 Å². The van der Waals surface area contributed by atoms with E-state index >= 15 is 0 Å². The number of nitrogens with one attached hydrogen (secondary N) is 1. The monoisotopic (exact) mass is 274 g/mol. The van der Waals surface area contributed by atoms with Gasteiger partial charge in [-0.25, -0.2) is 0 Å². The van der Waals surface area contributed by atoms with Gasteiger partial charge in [0, 0.05) is 19.1 Å². The van der Waals surface area contributed by atoms with Gasteiger partial charge in [-0.1, -0.05) is 31.2 Å². The first-order valence-electron chi connectivity index (χ1n) is 8.32. The van der Waals surface area contributed by atoms with Crippen molar-refractivity contribution < 1.29 is 0 Å². The van der Waals surface area contributed by atoms with Crippen LogP contribution in [0.5, 0.6) is 0 Å². The van der Waals surface area contributed by atoms with Gasteiger partial charge in [0.1, 0.15) is 0 Å². The molecule has 1 N–H and O–H groups in total. The van der Waals surface area contributed by atoms with Crippen LogP contribution in [0.25, 0.3) is 0 Å². The summed E-state index contributed by atoms with van der Waals surface area (Å²) in [6, 6.07) is 9.68. The lowest BCUT2D eigenvalue weighted by Crippen LogP contribution is -2.35. The van der Waals surface area contributed by atoms with Crippen LogP contribution in [0.2, 0.25) is 0 Å². The Bertz CT molecular complexity index is 362. The van der Waals surface area contributed by atoms with E-state index in [1.54, 1.807) is 11.1 Å². The second-order valence-electron chi connectivity index (χ2n) is 6.05. The van der Waals surface area contributed by atoms with Crippen molar-refractivity contribution in [1.82, 2.24) is 10.2 Å². The Morgan fingerprint density at radius 3 is 2.35 bits per heavy atom. The van der Waals surface area contributed by atoms with Gasteiger partial charge in [0.2, 0.25) is 0 Å². The first-order valence-corrected chi connectivity index (χ1v) is 8.32. The third-order valence-electron chi connectivity index (χ3n) is 4.48. The zero-order valence-corrected chi connectivity index (χ0v) is 13.2. The highest BCUT2D eigenvalue weighted by Crippen LogP contribution is 2.18. The highest BCUT2D eigenvalue weighted by Gasteiger charge is 2.17. The Morgan fingerprint density at radius 2 is 1.75 bits per heavy atom. The van der Waals surface area contributed by atoms with Gasteiger partial charge in [-0.05, 0) is 63.2 Å². The maximum Gasteiger partial charge on any atom is 0.00676 e. The molecular formula is C18H30N2. The van der Waals surface area contributed by atoms with Crippen molar-refractivity contribution in [3.05, 3.63) is 35.4 Å². The molecule has 112 valence electrons. The topological polar surface area (TPSA) is 15.3 Å². The van der Waals surface area contributed by atoms with Crippen LogP contribution in [0.15, 0.2) is 24.3 Å². The highest BCUT2D eigenvalue weighted by atomic mass is 15.1. The lowest BCUT2D eigenvalue weighted by Gasteiger charge is -2.27. The molecule has 0 saturated carbocycles. The standard InChI is InChI=1S/C18H30N2/c1-3-12-19-13-6-7-16(2)20-14-10-17-8-4-5-9-18(17)11-15-20/h4-5,8-9,16,19H,3,6-7,10-15H2,1-2H3. The molecule has 0 amide bonds. The van der Waals surface area contributed by atoms with E-state index in [1.165, 1.54) is 51.7 Å². The van der Waals surface area contributed by atoms with E-state index in [9.17, 15) is 0 Å². The Labute approximate surface area is 124 Å². The molecule has 1 aromatic carbocycles. The van der Waals surface area contributed by atoms with Crippen LogP contribution in [-0.4, -0.2) is 37.1 Å². The van der Waals surface area contributed by atoms with Gasteiger partial charge in [0.05, 0.1) is 0 Å². The molecule has 0 radical (unpaired) electrons. The fourth-order valence-electron chi connectivity index (χ4n) is 3.13. The largest absolute Gasteiger partial charge is 0.317 e. The zero-order valence-electron chi connectivity index (χ0n) is 13.2. The van der Waals surface area contributed by atoms with Crippen LogP contribution >= 0.6 is 0 Å². The van der Waals surface area contributed by atoms with Gasteiger partial charge in [-0.2, -0.15) is 0 Å². The summed E-state index contributed by atoms with van der Waals surface area (Å²) >= 11 is 0. The van der Waals surface area contributed by atoms with Crippen molar-refractivity contribution in [3.63, 3.8) is 0 Å². The molecule has 1 unspecified atom stereocenters. The van der Waals surface area contributed by atoms with Gasteiger partial charge in [0.15, 0.2) is 0 Å². The molecular weight excluding hydrogens is 244 g/mol. The lowest BCUT2D eigenvalue weighted by molar-refractivity contribution is 0.206. The van der Waals surface area contributed by atoms with Crippen LogP contribution in [0.1, 0.15) is 44.2 Å². The van der Waals surface area contributed by atoms with Crippen molar-refractivity contribution in [3.8, 4) is 0 Å². The summed E-state index contributed by atoms with van der Waals surface area (Å²) in [5.41, 5.74) is 3.12. The Balaban J connectivity index is 1.74. The van der Waals surface area contributed by atoms with Crippen molar-refractivity contribution in [2.24, 2.45) is 0 Å². The van der Waals surface area contributed by atoms with Gasteiger partial charge >= 0.3 is 0 Å². The molecule has 2 nitrogen and oxygen atoms in total. The van der Waals surface area contributed by atoms with Crippen LogP contribution in [0.4, 0.5) is 0 Å². The summed E-state index contributed by atoms with van der Waals surface area (Å²) in [5, 5.41) is 3.50. The predicted molar refractivity (Wildman–Crippen MR) is 87.3 cm³/mol. The lowest BCUT2D eigenvalue weighted by atomic mass is 10.0. The summed E-state index contributed by atoms with van der Waals surface area (Å²) in [7, 11) is 0. The minimum absolute atomic E-state index is 0.715. The number of rotatable bonds is 7. The van der Waals surface area contributed by atoms with Gasteiger partial charge < -0.3 is 10.2 Å². The van der Waals surface area contributed by atoms with Gasteiger partial charge in [-0.3, -0.25) is 0 Å². The second-order valence-corrected chi connectivity index (χ2v) is 6.05. The molecule has 2 rings (SSSR count). The number of fused-ring (bicyclic) bond motifs is 1. The molecule has 0 spiro atoms. The number of benzene rings is 1. The molecule has 1 aliphatic rings. The summed E-state index contributed by atoms with van der Waals surface area (Å²) in [5.74, 6) is 0. The van der Waals surface area contributed by atoms with Crippen LogP contribution in [-0.2, 0) is 12.8 Å². The first-order chi connectivity index (χ1) is 9.81. The summed E-state index contributed by atoms with van der Waals surface area (Å²) in [6.45, 7) is 9.40. The molecule has 1 atom stereocenters. The zero-order chi connectivity index (χ0) is 14.2. The van der Waals surface area contributed by atoms with Gasteiger partial charge in [-0.15, -0.1) is 0 Å². The third kappa shape index (κ3) is 4.60. The fourth-order valence-corrected chi connectivity index (χ4v) is 3.13. The molecule has 0 bridgehead atoms. The fraction of sp³-hybridized carbons (Fsp3) is 0.667. The average Bonchev–Trinajstić information content (AvgIpc) is 2.69. The minimum Gasteiger partial charge on any atom is -0.317 e. The van der Waals surface area contributed by atoms with E-state index in [1.807, 2.05) is 0 Å². The van der Waals surface area contributed by atoms with Crippen LogP contribution < -0.4 is 5.32 Å². The van der Waals surface area contributed by atoms with Crippen molar-refractivity contribution >= 4 is 0 Å². The molecule has 1 aliphatic heterocycles. The molecule has 0 aliphatic carbocycles. The SMILES string of the molecule is CCCNCCCC(C)N1CCc2ccccc2CC1. The normalized spacial score (nSPS) is 17.5. The first kappa shape index (κ1) is 15.5. The summed E-state index contributed by atoms with van der Waals surface area (Å²) in [4.78, 5) is 2.68. The molecule has 0 fully saturated rings. The van der Waals surface area contributed by atoms with E-state index in [0.29, 0.717) is 6.04 Å². The minimum atomic E-state index is 0.715. The number of hydrogen-bond donors (Lipinski definition) is 1. The highest BCUT2D eigenvalue weighted by molar-refractivity contribution is 5.28. The smallest absolute Gasteiger partial charge is 0.00676 e. The molecule has 2 heteroatoms. The van der Waals surface area contributed by atoms with E-state index < -0.39 is 0 Å². The Hall–Kier alpha value is -0.860. The van der Waals surface area contributed by atoms with Gasteiger partial charge in [0.25, 0.3) is 0 Å². The molecule has 0 aromatic heterocycles. The Morgan fingerprint density at radius 1 is 1.10 bits per heavy atom. The van der Waals surface area contributed by atoms with Crippen molar-refractivity contribution in [1.29, 1.82) is 0 Å². The molecule has 1 heterocycles. The van der Waals surface area contributed by atoms with Crippen molar-refractivity contribution in [2.75, 3.05) is 26.2 Å². The second kappa shape index (κ2) is 8.43. The van der Waals surface area contributed by atoms with Crippen LogP contribution in [0.3, 0.4) is 0 Å². The molecule has 0 saturated heterocycles. The average molecular weight is 274 g/mol. The summed E-state index contributed by atoms with van der Waals surface area (Å²) in [6.07, 6.45) is 6.28.